The standard InChI is InChI=1S/C10H16N2S/c1-3-9(11-5-1)7-12-10-4-2-6-13-8-10/h1,3,5,10-12H,2,4,6-8H2. The van der Waals surface area contributed by atoms with E-state index >= 15 is 0 Å². The van der Waals surface area contributed by atoms with Crippen LogP contribution in [0.2, 0.25) is 0 Å². The summed E-state index contributed by atoms with van der Waals surface area (Å²) >= 11 is 2.07. The van der Waals surface area contributed by atoms with Gasteiger partial charge in [0.2, 0.25) is 0 Å². The molecule has 1 atom stereocenters. The van der Waals surface area contributed by atoms with Crippen LogP contribution < -0.4 is 5.32 Å². The van der Waals surface area contributed by atoms with Crippen LogP contribution in [0.1, 0.15) is 18.5 Å². The monoisotopic (exact) mass is 196 g/mol. The van der Waals surface area contributed by atoms with Crippen LogP contribution in [0, 0.1) is 0 Å². The smallest absolute Gasteiger partial charge is 0.0359 e. The number of aromatic nitrogens is 1. The lowest BCUT2D eigenvalue weighted by Gasteiger charge is -2.22. The number of rotatable bonds is 3. The lowest BCUT2D eigenvalue weighted by molar-refractivity contribution is 0.504. The summed E-state index contributed by atoms with van der Waals surface area (Å²) in [6.45, 7) is 0.984. The number of thioether (sulfide) groups is 1. The van der Waals surface area contributed by atoms with E-state index in [9.17, 15) is 0 Å². The van der Waals surface area contributed by atoms with Crippen molar-refractivity contribution in [2.24, 2.45) is 0 Å². The molecule has 0 aliphatic carbocycles. The van der Waals surface area contributed by atoms with Gasteiger partial charge in [-0.3, -0.25) is 0 Å². The number of hydrogen-bond acceptors (Lipinski definition) is 2. The van der Waals surface area contributed by atoms with Gasteiger partial charge in [-0.2, -0.15) is 11.8 Å². The van der Waals surface area contributed by atoms with E-state index in [1.165, 1.54) is 30.0 Å². The van der Waals surface area contributed by atoms with Crippen LogP contribution in [0.5, 0.6) is 0 Å². The van der Waals surface area contributed by atoms with Crippen molar-refractivity contribution in [3.8, 4) is 0 Å². The zero-order valence-electron chi connectivity index (χ0n) is 7.75. The molecule has 2 rings (SSSR count). The lowest BCUT2D eigenvalue weighted by Crippen LogP contribution is -2.33. The molecular formula is C10H16N2S. The Morgan fingerprint density at radius 1 is 1.62 bits per heavy atom. The predicted molar refractivity (Wildman–Crippen MR) is 58.0 cm³/mol. The SMILES string of the molecule is c1c[nH]c(CNC2CCCSC2)c1. The third kappa shape index (κ3) is 2.78. The molecular weight excluding hydrogens is 180 g/mol. The van der Waals surface area contributed by atoms with Gasteiger partial charge >= 0.3 is 0 Å². The number of aromatic amines is 1. The van der Waals surface area contributed by atoms with E-state index < -0.39 is 0 Å². The molecule has 1 aromatic rings. The van der Waals surface area contributed by atoms with Crippen LogP contribution >= 0.6 is 11.8 Å². The highest BCUT2D eigenvalue weighted by Crippen LogP contribution is 2.16. The van der Waals surface area contributed by atoms with E-state index in [0.717, 1.165) is 12.6 Å². The fraction of sp³-hybridized carbons (Fsp3) is 0.600. The van der Waals surface area contributed by atoms with Crippen LogP contribution in [-0.4, -0.2) is 22.5 Å². The van der Waals surface area contributed by atoms with Crippen molar-refractivity contribution in [3.05, 3.63) is 24.0 Å². The number of hydrogen-bond donors (Lipinski definition) is 2. The minimum Gasteiger partial charge on any atom is -0.364 e. The van der Waals surface area contributed by atoms with Crippen LogP contribution in [0.3, 0.4) is 0 Å². The number of H-pyrrole nitrogens is 1. The Morgan fingerprint density at radius 2 is 2.62 bits per heavy atom. The molecule has 0 aromatic carbocycles. The normalized spacial score (nSPS) is 23.2. The first kappa shape index (κ1) is 9.16. The fourth-order valence-corrected chi connectivity index (χ4v) is 2.74. The van der Waals surface area contributed by atoms with Crippen LogP contribution in [0.15, 0.2) is 18.3 Å². The van der Waals surface area contributed by atoms with Crippen molar-refractivity contribution in [1.82, 2.24) is 10.3 Å². The highest BCUT2D eigenvalue weighted by Gasteiger charge is 2.12. The summed E-state index contributed by atoms with van der Waals surface area (Å²) < 4.78 is 0. The summed E-state index contributed by atoms with van der Waals surface area (Å²) in [5, 5.41) is 3.57. The van der Waals surface area contributed by atoms with E-state index in [0.29, 0.717) is 0 Å². The maximum absolute atomic E-state index is 3.57. The Kier molecular flexibility index (Phi) is 3.33. The van der Waals surface area contributed by atoms with Crippen LogP contribution in [0.25, 0.3) is 0 Å². The second kappa shape index (κ2) is 4.72. The maximum atomic E-state index is 3.57. The summed E-state index contributed by atoms with van der Waals surface area (Å²) in [4.78, 5) is 3.21. The van der Waals surface area contributed by atoms with Crippen molar-refractivity contribution in [3.63, 3.8) is 0 Å². The molecule has 3 heteroatoms. The number of nitrogens with one attached hydrogen (secondary N) is 2. The Bertz CT molecular complexity index is 227. The molecule has 0 bridgehead atoms. The predicted octanol–water partition coefficient (Wildman–Crippen LogP) is 2.00. The van der Waals surface area contributed by atoms with Gasteiger partial charge in [0.15, 0.2) is 0 Å². The van der Waals surface area contributed by atoms with Gasteiger partial charge in [0.05, 0.1) is 0 Å². The lowest BCUT2D eigenvalue weighted by atomic mass is 10.2. The first-order valence-electron chi connectivity index (χ1n) is 4.88. The average molecular weight is 196 g/mol. The molecule has 2 nitrogen and oxygen atoms in total. The van der Waals surface area contributed by atoms with E-state index in [1.54, 1.807) is 0 Å². The van der Waals surface area contributed by atoms with Gasteiger partial charge in [-0.1, -0.05) is 0 Å². The summed E-state index contributed by atoms with van der Waals surface area (Å²) in [5.74, 6) is 2.63. The third-order valence-electron chi connectivity index (χ3n) is 2.40. The zero-order valence-corrected chi connectivity index (χ0v) is 8.57. The van der Waals surface area contributed by atoms with Gasteiger partial charge in [0, 0.05) is 30.2 Å². The third-order valence-corrected chi connectivity index (χ3v) is 3.62. The van der Waals surface area contributed by atoms with Crippen molar-refractivity contribution < 1.29 is 0 Å². The second-order valence-electron chi connectivity index (χ2n) is 3.49. The molecule has 1 unspecified atom stereocenters. The molecule has 13 heavy (non-hydrogen) atoms. The van der Waals surface area contributed by atoms with Crippen molar-refractivity contribution in [1.29, 1.82) is 0 Å². The second-order valence-corrected chi connectivity index (χ2v) is 4.64. The Morgan fingerprint density at radius 3 is 3.31 bits per heavy atom. The zero-order chi connectivity index (χ0) is 8.93. The van der Waals surface area contributed by atoms with Crippen LogP contribution in [-0.2, 0) is 6.54 Å². The van der Waals surface area contributed by atoms with Crippen molar-refractivity contribution in [2.75, 3.05) is 11.5 Å². The molecule has 1 aliphatic heterocycles. The molecule has 72 valence electrons. The van der Waals surface area contributed by atoms with Crippen LogP contribution in [0.4, 0.5) is 0 Å². The first-order chi connectivity index (χ1) is 6.45. The van der Waals surface area contributed by atoms with Gasteiger partial charge in [-0.15, -0.1) is 0 Å². The summed E-state index contributed by atoms with van der Waals surface area (Å²) in [6, 6.07) is 4.90. The highest BCUT2D eigenvalue weighted by atomic mass is 32.2. The quantitative estimate of drug-likeness (QED) is 0.774. The van der Waals surface area contributed by atoms with Gasteiger partial charge in [0.25, 0.3) is 0 Å². The van der Waals surface area contributed by atoms with Crippen molar-refractivity contribution in [2.45, 2.75) is 25.4 Å². The first-order valence-corrected chi connectivity index (χ1v) is 6.04. The fourth-order valence-electron chi connectivity index (χ4n) is 1.63. The Balaban J connectivity index is 1.72. The minimum absolute atomic E-state index is 0.724. The maximum Gasteiger partial charge on any atom is 0.0359 e. The van der Waals surface area contributed by atoms with E-state index in [1.807, 2.05) is 12.3 Å². The van der Waals surface area contributed by atoms with Gasteiger partial charge in [-0.25, -0.2) is 0 Å². The van der Waals surface area contributed by atoms with Gasteiger partial charge in [-0.05, 0) is 30.7 Å². The summed E-state index contributed by atoms with van der Waals surface area (Å²) in [7, 11) is 0. The molecule has 0 spiro atoms. The molecule has 1 aliphatic rings. The molecule has 2 N–H and O–H groups in total. The molecule has 1 saturated heterocycles. The van der Waals surface area contributed by atoms with E-state index in [2.05, 4.69) is 28.1 Å². The molecule has 0 radical (unpaired) electrons. The van der Waals surface area contributed by atoms with E-state index in [4.69, 9.17) is 0 Å². The molecule has 0 saturated carbocycles. The molecule has 1 fully saturated rings. The van der Waals surface area contributed by atoms with E-state index in [-0.39, 0.29) is 0 Å². The Hall–Kier alpha value is -0.410. The molecule has 0 amide bonds. The minimum atomic E-state index is 0.724. The molecule has 1 aromatic heterocycles. The summed E-state index contributed by atoms with van der Waals surface area (Å²) in [6.07, 6.45) is 4.69. The van der Waals surface area contributed by atoms with Gasteiger partial charge in [0.1, 0.15) is 0 Å². The Labute approximate surface area is 83.5 Å². The topological polar surface area (TPSA) is 27.8 Å². The summed E-state index contributed by atoms with van der Waals surface area (Å²) in [5.41, 5.74) is 1.29. The van der Waals surface area contributed by atoms with Crippen molar-refractivity contribution >= 4 is 11.8 Å². The largest absolute Gasteiger partial charge is 0.364 e. The molecule has 2 heterocycles. The highest BCUT2D eigenvalue weighted by molar-refractivity contribution is 7.99. The average Bonchev–Trinajstić information content (AvgIpc) is 2.69. The van der Waals surface area contributed by atoms with Gasteiger partial charge < -0.3 is 10.3 Å².